The van der Waals surface area contributed by atoms with Crippen molar-refractivity contribution in [1.29, 1.82) is 0 Å². The summed E-state index contributed by atoms with van der Waals surface area (Å²) in [6.45, 7) is 0.336. The van der Waals surface area contributed by atoms with Gasteiger partial charge in [-0.25, -0.2) is 9.67 Å². The van der Waals surface area contributed by atoms with Gasteiger partial charge in [-0.15, -0.1) is 11.3 Å². The van der Waals surface area contributed by atoms with Crippen molar-refractivity contribution < 1.29 is 14.3 Å². The van der Waals surface area contributed by atoms with Gasteiger partial charge in [-0.05, 0) is 30.3 Å². The van der Waals surface area contributed by atoms with Gasteiger partial charge < -0.3 is 14.8 Å². The quantitative estimate of drug-likeness (QED) is 0.498. The zero-order chi connectivity index (χ0) is 20.1. The van der Waals surface area contributed by atoms with Crippen LogP contribution in [0.1, 0.15) is 16.1 Å². The normalized spacial score (nSPS) is 10.5. The van der Waals surface area contributed by atoms with E-state index in [1.165, 1.54) is 18.4 Å². The van der Waals surface area contributed by atoms with Crippen LogP contribution in [0.15, 0.2) is 71.7 Å². The molecule has 146 valence electrons. The Morgan fingerprint density at radius 2 is 2.00 bits per heavy atom. The molecule has 0 fully saturated rings. The van der Waals surface area contributed by atoms with Crippen LogP contribution < -0.4 is 14.8 Å². The smallest absolute Gasteiger partial charge is 0.257 e. The summed E-state index contributed by atoms with van der Waals surface area (Å²) in [7, 11) is 1.54. The van der Waals surface area contributed by atoms with E-state index < -0.39 is 0 Å². The van der Waals surface area contributed by atoms with E-state index in [2.05, 4.69) is 15.4 Å². The van der Waals surface area contributed by atoms with Gasteiger partial charge in [0, 0.05) is 23.2 Å². The fraction of sp³-hybridized carbons (Fsp3) is 0.0952. The molecule has 0 saturated carbocycles. The zero-order valence-corrected chi connectivity index (χ0v) is 16.4. The first-order valence-electron chi connectivity index (χ1n) is 8.83. The second-order valence-corrected chi connectivity index (χ2v) is 6.79. The van der Waals surface area contributed by atoms with Crippen molar-refractivity contribution >= 4 is 23.1 Å². The maximum Gasteiger partial charge on any atom is 0.257 e. The number of carbonyl (C=O) groups excluding carboxylic acids is 1. The maximum atomic E-state index is 12.6. The van der Waals surface area contributed by atoms with Crippen molar-refractivity contribution in [3.8, 4) is 17.2 Å². The number of nitrogens with one attached hydrogen (secondary N) is 1. The highest BCUT2D eigenvalue weighted by atomic mass is 32.1. The van der Waals surface area contributed by atoms with Crippen molar-refractivity contribution in [3.05, 3.63) is 82.9 Å². The number of ether oxygens (including phenoxy) is 2. The first kappa shape index (κ1) is 18.7. The lowest BCUT2D eigenvalue weighted by atomic mass is 10.2. The molecule has 29 heavy (non-hydrogen) atoms. The molecular formula is C21H18N4O3S. The first-order chi connectivity index (χ1) is 14.2. The monoisotopic (exact) mass is 406 g/mol. The molecule has 1 N–H and O–H groups in total. The molecule has 2 aromatic carbocycles. The van der Waals surface area contributed by atoms with Crippen LogP contribution >= 0.6 is 11.3 Å². The molecule has 0 aliphatic carbocycles. The number of hydrogen-bond acceptors (Lipinski definition) is 6. The number of amides is 1. The summed E-state index contributed by atoms with van der Waals surface area (Å²) < 4.78 is 12.8. The first-order valence-corrected chi connectivity index (χ1v) is 9.77. The molecule has 0 spiro atoms. The summed E-state index contributed by atoms with van der Waals surface area (Å²) in [6.07, 6.45) is 1.79. The predicted molar refractivity (Wildman–Crippen MR) is 111 cm³/mol. The lowest BCUT2D eigenvalue weighted by Crippen LogP contribution is -2.13. The molecule has 2 aromatic heterocycles. The van der Waals surface area contributed by atoms with Crippen LogP contribution in [0.4, 0.5) is 5.82 Å². The molecule has 7 nitrogen and oxygen atoms in total. The van der Waals surface area contributed by atoms with Gasteiger partial charge in [0.1, 0.15) is 6.61 Å². The number of thiazole rings is 1. The fourth-order valence-corrected chi connectivity index (χ4v) is 3.24. The minimum atomic E-state index is -0.285. The topological polar surface area (TPSA) is 78.3 Å². The van der Waals surface area contributed by atoms with Crippen LogP contribution in [-0.4, -0.2) is 27.8 Å². The SMILES string of the molecule is COc1cc(C(=O)Nc2ccn(-c3ccccc3)n2)ccc1OCc1cscn1. The van der Waals surface area contributed by atoms with Crippen molar-refractivity contribution in [2.75, 3.05) is 12.4 Å². The molecular weight excluding hydrogens is 388 g/mol. The molecule has 1 amide bonds. The summed E-state index contributed by atoms with van der Waals surface area (Å²) >= 11 is 1.51. The van der Waals surface area contributed by atoms with Crippen LogP contribution in [0.2, 0.25) is 0 Å². The number of para-hydroxylation sites is 1. The third kappa shape index (κ3) is 4.44. The molecule has 4 rings (SSSR count). The molecule has 0 aliphatic heterocycles. The van der Waals surface area contributed by atoms with E-state index in [0.717, 1.165) is 11.4 Å². The number of aromatic nitrogens is 3. The second-order valence-electron chi connectivity index (χ2n) is 6.07. The summed E-state index contributed by atoms with van der Waals surface area (Å²) in [5.41, 5.74) is 3.95. The Morgan fingerprint density at radius 3 is 2.76 bits per heavy atom. The van der Waals surface area contributed by atoms with Gasteiger partial charge in [0.05, 0.1) is 24.0 Å². The van der Waals surface area contributed by atoms with Crippen molar-refractivity contribution in [3.63, 3.8) is 0 Å². The Bertz CT molecular complexity index is 1090. The van der Waals surface area contributed by atoms with E-state index in [9.17, 15) is 4.79 Å². The van der Waals surface area contributed by atoms with Gasteiger partial charge in [0.25, 0.3) is 5.91 Å². The molecule has 0 saturated heterocycles. The summed E-state index contributed by atoms with van der Waals surface area (Å²) in [4.78, 5) is 16.8. The molecule has 0 aliphatic rings. The van der Waals surface area contributed by atoms with E-state index in [4.69, 9.17) is 9.47 Å². The molecule has 0 unspecified atom stereocenters. The van der Waals surface area contributed by atoms with E-state index >= 15 is 0 Å². The summed E-state index contributed by atoms with van der Waals surface area (Å²) in [5.74, 6) is 1.20. The Hall–Kier alpha value is -3.65. The minimum Gasteiger partial charge on any atom is -0.493 e. The molecule has 8 heteroatoms. The number of anilines is 1. The van der Waals surface area contributed by atoms with Crippen LogP contribution in [0.25, 0.3) is 5.69 Å². The number of nitrogens with zero attached hydrogens (tertiary/aromatic N) is 3. The van der Waals surface area contributed by atoms with Crippen LogP contribution in [0.3, 0.4) is 0 Å². The third-order valence-corrected chi connectivity index (χ3v) is 4.77. The molecule has 0 bridgehead atoms. The number of benzene rings is 2. The van der Waals surface area contributed by atoms with Crippen LogP contribution in [0.5, 0.6) is 11.5 Å². The van der Waals surface area contributed by atoms with E-state index in [1.807, 2.05) is 35.7 Å². The van der Waals surface area contributed by atoms with Gasteiger partial charge >= 0.3 is 0 Å². The second kappa shape index (κ2) is 8.57. The van der Waals surface area contributed by atoms with Gasteiger partial charge in [0.15, 0.2) is 17.3 Å². The Balaban J connectivity index is 1.45. The Morgan fingerprint density at radius 1 is 1.14 bits per heavy atom. The Kier molecular flexibility index (Phi) is 5.53. The molecule has 0 radical (unpaired) electrons. The fourth-order valence-electron chi connectivity index (χ4n) is 2.69. The number of carbonyl (C=O) groups is 1. The lowest BCUT2D eigenvalue weighted by Gasteiger charge is -2.11. The van der Waals surface area contributed by atoms with Gasteiger partial charge in [0.2, 0.25) is 0 Å². The highest BCUT2D eigenvalue weighted by Gasteiger charge is 2.13. The number of methoxy groups -OCH3 is 1. The number of rotatable bonds is 7. The average Bonchev–Trinajstić information content (AvgIpc) is 3.45. The van der Waals surface area contributed by atoms with Crippen molar-refractivity contribution in [1.82, 2.24) is 14.8 Å². The maximum absolute atomic E-state index is 12.6. The van der Waals surface area contributed by atoms with Crippen LogP contribution in [0, 0.1) is 0 Å². The predicted octanol–water partition coefficient (Wildman–Crippen LogP) is 4.17. The average molecular weight is 406 g/mol. The summed E-state index contributed by atoms with van der Waals surface area (Å²) in [5, 5.41) is 9.10. The van der Waals surface area contributed by atoms with Gasteiger partial charge in [-0.2, -0.15) is 5.10 Å². The largest absolute Gasteiger partial charge is 0.493 e. The number of hydrogen-bond donors (Lipinski definition) is 1. The van der Waals surface area contributed by atoms with Crippen LogP contribution in [-0.2, 0) is 6.61 Å². The Labute approximate surface area is 171 Å². The van der Waals surface area contributed by atoms with E-state index in [0.29, 0.717) is 29.5 Å². The zero-order valence-electron chi connectivity index (χ0n) is 15.6. The van der Waals surface area contributed by atoms with Crippen molar-refractivity contribution in [2.45, 2.75) is 6.61 Å². The molecule has 2 heterocycles. The van der Waals surface area contributed by atoms with Crippen molar-refractivity contribution in [2.24, 2.45) is 0 Å². The van der Waals surface area contributed by atoms with E-state index in [1.54, 1.807) is 40.7 Å². The highest BCUT2D eigenvalue weighted by Crippen LogP contribution is 2.29. The highest BCUT2D eigenvalue weighted by molar-refractivity contribution is 7.07. The van der Waals surface area contributed by atoms with Gasteiger partial charge in [-0.3, -0.25) is 4.79 Å². The standard InChI is InChI=1S/C21H18N4O3S/c1-27-19-11-15(7-8-18(19)28-12-16-13-29-14-22-16)21(26)23-20-9-10-25(24-20)17-5-3-2-4-6-17/h2-11,13-14H,12H2,1H3,(H,23,24,26). The van der Waals surface area contributed by atoms with E-state index in [-0.39, 0.29) is 5.91 Å². The minimum absolute atomic E-state index is 0.285. The lowest BCUT2D eigenvalue weighted by molar-refractivity contribution is 0.102. The molecule has 4 aromatic rings. The molecule has 0 atom stereocenters. The summed E-state index contributed by atoms with van der Waals surface area (Å²) in [6, 6.07) is 16.5. The van der Waals surface area contributed by atoms with Gasteiger partial charge in [-0.1, -0.05) is 18.2 Å². The third-order valence-electron chi connectivity index (χ3n) is 4.14.